The van der Waals surface area contributed by atoms with Gasteiger partial charge in [0.2, 0.25) is 11.0 Å². The Morgan fingerprint density at radius 2 is 1.93 bits per heavy atom. The van der Waals surface area contributed by atoms with Gasteiger partial charge in [0.1, 0.15) is 5.82 Å². The van der Waals surface area contributed by atoms with Crippen LogP contribution in [0.15, 0.2) is 24.3 Å². The van der Waals surface area contributed by atoms with Gasteiger partial charge in [0, 0.05) is 54.6 Å². The second-order valence-corrected chi connectivity index (χ2v) is 9.12. The van der Waals surface area contributed by atoms with E-state index in [0.29, 0.717) is 12.3 Å². The largest absolute Gasteiger partial charge is 0.343 e. The number of anilines is 1. The van der Waals surface area contributed by atoms with Gasteiger partial charge >= 0.3 is 0 Å². The summed E-state index contributed by atoms with van der Waals surface area (Å²) < 4.78 is 4.54. The molecule has 28 heavy (non-hydrogen) atoms. The highest BCUT2D eigenvalue weighted by Gasteiger charge is 2.33. The summed E-state index contributed by atoms with van der Waals surface area (Å²) in [5.41, 5.74) is 1.16. The minimum absolute atomic E-state index is 0.215. The molecule has 2 aliphatic rings. The zero-order chi connectivity index (χ0) is 19.5. The molecular formula is C21H27ClN4OS. The van der Waals surface area contributed by atoms with E-state index in [2.05, 4.69) is 21.1 Å². The van der Waals surface area contributed by atoms with Crippen LogP contribution in [0, 0.1) is 5.92 Å². The Bertz CT molecular complexity index is 803. The highest BCUT2D eigenvalue weighted by Crippen LogP contribution is 2.28. The molecule has 150 valence electrons. The smallest absolute Gasteiger partial charge is 0.226 e. The quantitative estimate of drug-likeness (QED) is 0.738. The molecule has 1 aliphatic carbocycles. The first-order valence-corrected chi connectivity index (χ1v) is 11.4. The number of carbonyl (C=O) groups excluding carboxylic acids is 1. The molecule has 2 aromatic rings. The van der Waals surface area contributed by atoms with Crippen molar-refractivity contribution in [2.24, 2.45) is 5.92 Å². The molecule has 1 amide bonds. The third-order valence-electron chi connectivity index (χ3n) is 5.87. The van der Waals surface area contributed by atoms with Crippen LogP contribution >= 0.6 is 23.1 Å². The van der Waals surface area contributed by atoms with Crippen molar-refractivity contribution in [2.45, 2.75) is 51.5 Å². The maximum absolute atomic E-state index is 12.9. The van der Waals surface area contributed by atoms with Crippen LogP contribution in [0.3, 0.4) is 0 Å². The van der Waals surface area contributed by atoms with Crippen molar-refractivity contribution >= 4 is 34.2 Å². The molecule has 0 unspecified atom stereocenters. The standard InChI is InChI=1S/C21H27ClN4OS/c1-15-14-25(11-12-26(15)20(27)17-5-3-2-4-6-17)21-23-19(24-28-21)13-16-7-9-18(22)10-8-16/h7-10,15,17H,2-6,11-14H2,1H3/t15-/m1/s1. The van der Waals surface area contributed by atoms with E-state index < -0.39 is 0 Å². The van der Waals surface area contributed by atoms with E-state index in [-0.39, 0.29) is 12.0 Å². The molecule has 1 aliphatic heterocycles. The number of benzene rings is 1. The molecule has 1 saturated heterocycles. The first-order valence-electron chi connectivity index (χ1n) is 10.2. The van der Waals surface area contributed by atoms with Crippen LogP contribution in [0.25, 0.3) is 0 Å². The average molecular weight is 419 g/mol. The minimum Gasteiger partial charge on any atom is -0.343 e. The molecule has 2 fully saturated rings. The Morgan fingerprint density at radius 3 is 2.64 bits per heavy atom. The number of halogens is 1. The van der Waals surface area contributed by atoms with E-state index >= 15 is 0 Å². The van der Waals surface area contributed by atoms with E-state index in [9.17, 15) is 4.79 Å². The van der Waals surface area contributed by atoms with Crippen molar-refractivity contribution in [3.05, 3.63) is 40.7 Å². The Morgan fingerprint density at radius 1 is 1.18 bits per heavy atom. The van der Waals surface area contributed by atoms with Crippen molar-refractivity contribution in [2.75, 3.05) is 24.5 Å². The summed E-state index contributed by atoms with van der Waals surface area (Å²) in [6, 6.07) is 8.04. The van der Waals surface area contributed by atoms with Crippen LogP contribution in [0.4, 0.5) is 5.13 Å². The lowest BCUT2D eigenvalue weighted by atomic mass is 9.88. The van der Waals surface area contributed by atoms with Crippen molar-refractivity contribution < 1.29 is 4.79 Å². The Kier molecular flexibility index (Phi) is 6.16. The van der Waals surface area contributed by atoms with Crippen LogP contribution in [0.5, 0.6) is 0 Å². The van der Waals surface area contributed by atoms with E-state index in [1.807, 2.05) is 24.3 Å². The number of aromatic nitrogens is 2. The molecule has 4 rings (SSSR count). The molecule has 0 radical (unpaired) electrons. The summed E-state index contributed by atoms with van der Waals surface area (Å²) in [7, 11) is 0. The zero-order valence-electron chi connectivity index (χ0n) is 16.3. The molecule has 0 bridgehead atoms. The van der Waals surface area contributed by atoms with Gasteiger partial charge in [-0.3, -0.25) is 4.79 Å². The van der Waals surface area contributed by atoms with Crippen LogP contribution in [-0.4, -0.2) is 45.8 Å². The fourth-order valence-corrected chi connectivity index (χ4v) is 5.12. The molecule has 0 spiro atoms. The number of piperazine rings is 1. The van der Waals surface area contributed by atoms with Gasteiger partial charge in [-0.25, -0.2) is 4.98 Å². The van der Waals surface area contributed by atoms with E-state index in [1.54, 1.807) is 0 Å². The topological polar surface area (TPSA) is 49.3 Å². The van der Waals surface area contributed by atoms with Crippen molar-refractivity contribution in [3.8, 4) is 0 Å². The summed E-state index contributed by atoms with van der Waals surface area (Å²) in [5, 5.41) is 1.70. The molecular weight excluding hydrogens is 392 g/mol. The third-order valence-corrected chi connectivity index (χ3v) is 6.94. The Hall–Kier alpha value is -1.66. The Labute approximate surface area is 175 Å². The van der Waals surface area contributed by atoms with Gasteiger partial charge in [0.25, 0.3) is 0 Å². The Balaban J connectivity index is 1.35. The molecule has 1 saturated carbocycles. The van der Waals surface area contributed by atoms with Gasteiger partial charge in [0.05, 0.1) is 0 Å². The van der Waals surface area contributed by atoms with Crippen LogP contribution < -0.4 is 4.90 Å². The van der Waals surface area contributed by atoms with Gasteiger partial charge in [0.15, 0.2) is 0 Å². The normalized spacial score (nSPS) is 21.1. The number of rotatable bonds is 4. The highest BCUT2D eigenvalue weighted by atomic mass is 35.5. The summed E-state index contributed by atoms with van der Waals surface area (Å²) in [6.07, 6.45) is 6.52. The van der Waals surface area contributed by atoms with Crippen molar-refractivity contribution in [1.29, 1.82) is 0 Å². The van der Waals surface area contributed by atoms with Crippen molar-refractivity contribution in [3.63, 3.8) is 0 Å². The number of hydrogen-bond acceptors (Lipinski definition) is 5. The predicted octanol–water partition coefficient (Wildman–Crippen LogP) is 4.40. The summed E-state index contributed by atoms with van der Waals surface area (Å²) in [5.74, 6) is 1.46. The summed E-state index contributed by atoms with van der Waals surface area (Å²) in [4.78, 5) is 22.0. The lowest BCUT2D eigenvalue weighted by Crippen LogP contribution is -2.55. The van der Waals surface area contributed by atoms with Crippen LogP contribution in [0.1, 0.15) is 50.4 Å². The zero-order valence-corrected chi connectivity index (χ0v) is 17.9. The summed E-state index contributed by atoms with van der Waals surface area (Å²) in [6.45, 7) is 4.59. The second-order valence-electron chi connectivity index (χ2n) is 7.96. The van der Waals surface area contributed by atoms with E-state index in [0.717, 1.165) is 54.0 Å². The minimum atomic E-state index is 0.215. The van der Waals surface area contributed by atoms with Gasteiger partial charge in [-0.15, -0.1) is 0 Å². The summed E-state index contributed by atoms with van der Waals surface area (Å²) >= 11 is 7.41. The number of nitrogens with zero attached hydrogens (tertiary/aromatic N) is 4. The molecule has 1 atom stereocenters. The van der Waals surface area contributed by atoms with Crippen LogP contribution in [-0.2, 0) is 11.2 Å². The van der Waals surface area contributed by atoms with Crippen LogP contribution in [0.2, 0.25) is 5.02 Å². The molecule has 2 heterocycles. The fourth-order valence-electron chi connectivity index (χ4n) is 4.27. The van der Waals surface area contributed by atoms with E-state index in [4.69, 9.17) is 16.6 Å². The SMILES string of the molecule is C[C@@H]1CN(c2nc(Cc3ccc(Cl)cc3)ns2)CCN1C(=O)C1CCCCC1. The van der Waals surface area contributed by atoms with Gasteiger partial charge in [-0.05, 0) is 37.5 Å². The number of hydrogen-bond donors (Lipinski definition) is 0. The lowest BCUT2D eigenvalue weighted by Gasteiger charge is -2.41. The predicted molar refractivity (Wildman–Crippen MR) is 114 cm³/mol. The van der Waals surface area contributed by atoms with Gasteiger partial charge in [-0.1, -0.05) is 43.0 Å². The second kappa shape index (κ2) is 8.78. The molecule has 1 aromatic carbocycles. The van der Waals surface area contributed by atoms with Gasteiger partial charge < -0.3 is 9.80 Å². The number of carbonyl (C=O) groups is 1. The van der Waals surface area contributed by atoms with Crippen molar-refractivity contribution in [1.82, 2.24) is 14.3 Å². The molecule has 1 aromatic heterocycles. The number of amides is 1. The first-order chi connectivity index (χ1) is 13.6. The maximum atomic E-state index is 12.9. The highest BCUT2D eigenvalue weighted by molar-refractivity contribution is 7.09. The third kappa shape index (κ3) is 4.49. The average Bonchev–Trinajstić information content (AvgIpc) is 3.18. The van der Waals surface area contributed by atoms with Gasteiger partial charge in [-0.2, -0.15) is 4.37 Å². The molecule has 0 N–H and O–H groups in total. The van der Waals surface area contributed by atoms with E-state index in [1.165, 1.54) is 30.8 Å². The monoisotopic (exact) mass is 418 g/mol. The molecule has 5 nitrogen and oxygen atoms in total. The molecule has 7 heteroatoms. The maximum Gasteiger partial charge on any atom is 0.226 e. The first kappa shape index (κ1) is 19.6. The lowest BCUT2D eigenvalue weighted by molar-refractivity contribution is -0.139. The fraction of sp³-hybridized carbons (Fsp3) is 0.571.